The molecule has 1 heterocycles. The van der Waals surface area contributed by atoms with Crippen LogP contribution in [-0.4, -0.2) is 29.5 Å². The number of carbonyl (C=O) groups excluding carboxylic acids is 2. The molecule has 0 unspecified atom stereocenters. The van der Waals surface area contributed by atoms with Crippen molar-refractivity contribution in [2.24, 2.45) is 0 Å². The molecule has 1 aromatic heterocycles. The first kappa shape index (κ1) is 28.1. The fourth-order valence-electron chi connectivity index (χ4n) is 5.34. The lowest BCUT2D eigenvalue weighted by atomic mass is 10.0. The number of carbonyl (C=O) groups is 2. The van der Waals surface area contributed by atoms with Gasteiger partial charge in [0.2, 0.25) is 6.33 Å². The van der Waals surface area contributed by atoms with Crippen LogP contribution >= 0.6 is 0 Å². The number of hydrogen-bond acceptors (Lipinski definition) is 2. The first-order valence-electron chi connectivity index (χ1n) is 14.8. The predicted octanol–water partition coefficient (Wildman–Crippen LogP) is 6.28. The number of fused-ring (bicyclic) bond motifs is 2. The Morgan fingerprint density at radius 2 is 1.15 bits per heavy atom. The predicted molar refractivity (Wildman–Crippen MR) is 165 cm³/mol. The average molecular weight is 548 g/mol. The van der Waals surface area contributed by atoms with E-state index in [1.165, 1.54) is 0 Å². The molecule has 0 aliphatic rings. The number of imidazole rings is 1. The Labute approximate surface area is 242 Å². The monoisotopic (exact) mass is 547 g/mol. The topological polar surface area (TPSA) is 67.0 Å². The molecule has 6 nitrogen and oxygen atoms in total. The van der Waals surface area contributed by atoms with Crippen molar-refractivity contribution in [1.29, 1.82) is 0 Å². The SMILES string of the molecule is O=C(NCCCCCn1cc[n+](CCCCCNC(=O)c2cccc3ccccc23)c1)c1cccc2ccccc12. The van der Waals surface area contributed by atoms with Crippen molar-refractivity contribution in [1.82, 2.24) is 15.2 Å². The molecule has 4 aromatic carbocycles. The highest BCUT2D eigenvalue weighted by molar-refractivity contribution is 6.07. The number of aromatic nitrogens is 2. The van der Waals surface area contributed by atoms with E-state index in [1.54, 1.807) is 0 Å². The second kappa shape index (κ2) is 14.3. The fourth-order valence-corrected chi connectivity index (χ4v) is 5.34. The lowest BCUT2D eigenvalue weighted by Gasteiger charge is -2.08. The maximum absolute atomic E-state index is 12.7. The van der Waals surface area contributed by atoms with E-state index in [0.29, 0.717) is 13.1 Å². The molecular weight excluding hydrogens is 508 g/mol. The van der Waals surface area contributed by atoms with Crippen molar-refractivity contribution >= 4 is 33.4 Å². The van der Waals surface area contributed by atoms with Crippen molar-refractivity contribution < 1.29 is 14.2 Å². The number of amides is 2. The first-order chi connectivity index (χ1) is 20.2. The maximum atomic E-state index is 12.7. The van der Waals surface area contributed by atoms with Gasteiger partial charge in [-0.2, -0.15) is 0 Å². The van der Waals surface area contributed by atoms with E-state index in [9.17, 15) is 9.59 Å². The molecule has 0 bridgehead atoms. The van der Waals surface area contributed by atoms with Gasteiger partial charge in [0.15, 0.2) is 0 Å². The summed E-state index contributed by atoms with van der Waals surface area (Å²) in [6.07, 6.45) is 12.7. The standard InChI is InChI=1S/C35H38N4O2/c40-34(32-19-11-15-28-13-3-5-17-30(28)32)36-21-7-1-9-23-38-25-26-39(27-38)24-10-2-8-22-37-35(41)33-20-12-16-29-14-4-6-18-31(29)33/h3-6,11-20,25-27H,1-2,7-10,21-24H2,(H-,36,37,40,41)/p+1. The van der Waals surface area contributed by atoms with Gasteiger partial charge in [0.1, 0.15) is 12.4 Å². The lowest BCUT2D eigenvalue weighted by molar-refractivity contribution is -0.696. The Morgan fingerprint density at radius 1 is 0.610 bits per heavy atom. The van der Waals surface area contributed by atoms with Crippen LogP contribution in [0.15, 0.2) is 104 Å². The zero-order chi connectivity index (χ0) is 28.3. The van der Waals surface area contributed by atoms with Crippen molar-refractivity contribution in [3.05, 3.63) is 115 Å². The molecule has 0 atom stereocenters. The van der Waals surface area contributed by atoms with Gasteiger partial charge < -0.3 is 10.6 Å². The van der Waals surface area contributed by atoms with Crippen LogP contribution in [0.1, 0.15) is 59.2 Å². The summed E-state index contributed by atoms with van der Waals surface area (Å²) in [5, 5.41) is 10.3. The number of unbranched alkanes of at least 4 members (excludes halogenated alkanes) is 4. The Morgan fingerprint density at radius 3 is 1.76 bits per heavy atom. The van der Waals surface area contributed by atoms with Gasteiger partial charge in [0.25, 0.3) is 11.8 Å². The molecule has 5 aromatic rings. The van der Waals surface area contributed by atoms with Crippen LogP contribution in [0.2, 0.25) is 0 Å². The highest BCUT2D eigenvalue weighted by Crippen LogP contribution is 2.19. The largest absolute Gasteiger partial charge is 0.352 e. The molecule has 5 rings (SSSR count). The molecule has 0 spiro atoms. The van der Waals surface area contributed by atoms with Gasteiger partial charge in [-0.25, -0.2) is 9.13 Å². The van der Waals surface area contributed by atoms with Crippen LogP contribution in [0, 0.1) is 0 Å². The van der Waals surface area contributed by atoms with Gasteiger partial charge in [0.05, 0.1) is 13.1 Å². The second-order valence-corrected chi connectivity index (χ2v) is 10.6. The number of aryl methyl sites for hydroxylation is 2. The molecule has 0 saturated heterocycles. The van der Waals surface area contributed by atoms with E-state index in [2.05, 4.69) is 38.5 Å². The molecule has 6 heteroatoms. The van der Waals surface area contributed by atoms with Crippen LogP contribution in [0.5, 0.6) is 0 Å². The van der Waals surface area contributed by atoms with Crippen LogP contribution in [-0.2, 0) is 13.1 Å². The minimum Gasteiger partial charge on any atom is -0.352 e. The number of benzene rings is 4. The maximum Gasteiger partial charge on any atom is 0.251 e. The van der Waals surface area contributed by atoms with Gasteiger partial charge >= 0.3 is 0 Å². The summed E-state index contributed by atoms with van der Waals surface area (Å²) in [5.74, 6) is 0.000828. The molecule has 0 saturated carbocycles. The van der Waals surface area contributed by atoms with Gasteiger partial charge in [-0.3, -0.25) is 9.59 Å². The van der Waals surface area contributed by atoms with E-state index in [1.807, 2.05) is 84.9 Å². The third-order valence-corrected chi connectivity index (χ3v) is 7.57. The average Bonchev–Trinajstić information content (AvgIpc) is 3.47. The van der Waals surface area contributed by atoms with E-state index >= 15 is 0 Å². The first-order valence-corrected chi connectivity index (χ1v) is 14.8. The molecule has 0 aliphatic heterocycles. The summed E-state index contributed by atoms with van der Waals surface area (Å²) in [6, 6.07) is 27.7. The molecule has 0 radical (unpaired) electrons. The van der Waals surface area contributed by atoms with Crippen LogP contribution in [0.4, 0.5) is 0 Å². The van der Waals surface area contributed by atoms with Gasteiger partial charge in [-0.15, -0.1) is 0 Å². The summed E-state index contributed by atoms with van der Waals surface area (Å²) >= 11 is 0. The summed E-state index contributed by atoms with van der Waals surface area (Å²) in [5.41, 5.74) is 1.48. The fraction of sp³-hybridized carbons (Fsp3) is 0.286. The highest BCUT2D eigenvalue weighted by Gasteiger charge is 2.10. The zero-order valence-electron chi connectivity index (χ0n) is 23.6. The molecule has 0 aliphatic carbocycles. The number of nitrogens with zero attached hydrogens (tertiary/aromatic N) is 2. The minimum atomic E-state index is 0.000414. The highest BCUT2D eigenvalue weighted by atomic mass is 16.2. The molecular formula is C35H39N4O2+. The van der Waals surface area contributed by atoms with Gasteiger partial charge in [0, 0.05) is 24.2 Å². The quantitative estimate of drug-likeness (QED) is 0.127. The lowest BCUT2D eigenvalue weighted by Crippen LogP contribution is -2.31. The third-order valence-electron chi connectivity index (χ3n) is 7.57. The molecule has 41 heavy (non-hydrogen) atoms. The Balaban J connectivity index is 0.928. The van der Waals surface area contributed by atoms with Crippen LogP contribution in [0.25, 0.3) is 21.5 Å². The third kappa shape index (κ3) is 7.60. The van der Waals surface area contributed by atoms with Crippen molar-refractivity contribution in [3.63, 3.8) is 0 Å². The summed E-state index contributed by atoms with van der Waals surface area (Å²) in [6.45, 7) is 3.33. The number of nitrogens with one attached hydrogen (secondary N) is 2. The van der Waals surface area contributed by atoms with E-state index in [0.717, 1.165) is 84.3 Å². The summed E-state index contributed by atoms with van der Waals surface area (Å²) in [7, 11) is 0. The van der Waals surface area contributed by atoms with Crippen molar-refractivity contribution in [2.45, 2.75) is 51.6 Å². The minimum absolute atomic E-state index is 0.000414. The van der Waals surface area contributed by atoms with E-state index in [-0.39, 0.29) is 11.8 Å². The summed E-state index contributed by atoms with van der Waals surface area (Å²) < 4.78 is 4.47. The van der Waals surface area contributed by atoms with Gasteiger partial charge in [-0.05, 0) is 72.2 Å². The van der Waals surface area contributed by atoms with Crippen molar-refractivity contribution in [3.8, 4) is 0 Å². The second-order valence-electron chi connectivity index (χ2n) is 10.6. The summed E-state index contributed by atoms with van der Waals surface area (Å²) in [4.78, 5) is 25.3. The molecule has 210 valence electrons. The van der Waals surface area contributed by atoms with Crippen LogP contribution < -0.4 is 15.2 Å². The molecule has 2 N–H and O–H groups in total. The number of hydrogen-bond donors (Lipinski definition) is 2. The Kier molecular flexibility index (Phi) is 9.77. The van der Waals surface area contributed by atoms with Gasteiger partial charge in [-0.1, -0.05) is 72.8 Å². The van der Waals surface area contributed by atoms with Crippen LogP contribution in [0.3, 0.4) is 0 Å². The number of rotatable bonds is 14. The van der Waals surface area contributed by atoms with Crippen molar-refractivity contribution in [2.75, 3.05) is 13.1 Å². The smallest absolute Gasteiger partial charge is 0.251 e. The van der Waals surface area contributed by atoms with E-state index in [4.69, 9.17) is 0 Å². The molecule has 2 amide bonds. The Hall–Kier alpha value is -4.45. The zero-order valence-corrected chi connectivity index (χ0v) is 23.6. The Bertz CT molecular complexity index is 1480. The van der Waals surface area contributed by atoms with E-state index < -0.39 is 0 Å². The normalized spacial score (nSPS) is 11.1. The molecule has 0 fully saturated rings.